The van der Waals surface area contributed by atoms with Gasteiger partial charge in [0, 0.05) is 11.6 Å². The van der Waals surface area contributed by atoms with Gasteiger partial charge >= 0.3 is 5.63 Å². The number of benzene rings is 3. The van der Waals surface area contributed by atoms with Crippen LogP contribution in [0.3, 0.4) is 0 Å². The molecule has 0 fully saturated rings. The molecule has 3 aromatic carbocycles. The molecule has 0 amide bonds. The summed E-state index contributed by atoms with van der Waals surface area (Å²) in [6, 6.07) is 18.7. The molecule has 1 aromatic heterocycles. The fourth-order valence-electron chi connectivity index (χ4n) is 3.73. The van der Waals surface area contributed by atoms with E-state index in [9.17, 15) is 4.79 Å². The standard InChI is InChI=1S/C26H24O6/c1-16-10-20(31-15-17-12-22(28-2)26(30-4)23(13-17)29-3)25-19(18-8-6-5-7-9-18)14-24(27)32-21(25)11-16/h5-14H,15H2,1-4H3. The highest BCUT2D eigenvalue weighted by Gasteiger charge is 2.16. The molecule has 164 valence electrons. The summed E-state index contributed by atoms with van der Waals surface area (Å²) in [6.07, 6.45) is 0. The average Bonchev–Trinajstić information content (AvgIpc) is 2.81. The SMILES string of the molecule is COc1cc(COc2cc(C)cc3oc(=O)cc(-c4ccccc4)c23)cc(OC)c1OC. The van der Waals surface area contributed by atoms with Crippen LogP contribution in [-0.4, -0.2) is 21.3 Å². The first kappa shape index (κ1) is 21.3. The highest BCUT2D eigenvalue weighted by Crippen LogP contribution is 2.39. The minimum Gasteiger partial charge on any atom is -0.493 e. The molecule has 0 N–H and O–H groups in total. The second kappa shape index (κ2) is 9.06. The number of aryl methyl sites for hydroxylation is 1. The van der Waals surface area contributed by atoms with Gasteiger partial charge in [0.15, 0.2) is 11.5 Å². The van der Waals surface area contributed by atoms with Crippen LogP contribution in [-0.2, 0) is 6.61 Å². The number of ether oxygens (including phenoxy) is 4. The summed E-state index contributed by atoms with van der Waals surface area (Å²) in [6.45, 7) is 2.18. The van der Waals surface area contributed by atoms with Crippen LogP contribution in [0.1, 0.15) is 11.1 Å². The van der Waals surface area contributed by atoms with Gasteiger partial charge in [-0.15, -0.1) is 0 Å². The normalized spacial score (nSPS) is 10.8. The maximum absolute atomic E-state index is 12.2. The van der Waals surface area contributed by atoms with Crippen LogP contribution in [0.15, 0.2) is 69.9 Å². The Morgan fingerprint density at radius 1 is 0.812 bits per heavy atom. The van der Waals surface area contributed by atoms with Gasteiger partial charge in [-0.05, 0) is 47.9 Å². The van der Waals surface area contributed by atoms with Crippen LogP contribution in [0, 0.1) is 6.92 Å². The van der Waals surface area contributed by atoms with Gasteiger partial charge in [0.1, 0.15) is 17.9 Å². The van der Waals surface area contributed by atoms with Crippen LogP contribution in [0.4, 0.5) is 0 Å². The molecule has 0 aliphatic heterocycles. The zero-order valence-corrected chi connectivity index (χ0v) is 18.4. The first-order valence-corrected chi connectivity index (χ1v) is 10.1. The molecule has 6 heteroatoms. The van der Waals surface area contributed by atoms with Crippen molar-refractivity contribution in [1.82, 2.24) is 0 Å². The molecular weight excluding hydrogens is 408 g/mol. The Bertz CT molecular complexity index is 1280. The third-order valence-electron chi connectivity index (χ3n) is 5.16. The van der Waals surface area contributed by atoms with Gasteiger partial charge in [0.25, 0.3) is 0 Å². The van der Waals surface area contributed by atoms with E-state index in [0.717, 1.165) is 27.6 Å². The highest BCUT2D eigenvalue weighted by molar-refractivity contribution is 5.98. The van der Waals surface area contributed by atoms with E-state index in [4.69, 9.17) is 23.4 Å². The van der Waals surface area contributed by atoms with Crippen molar-refractivity contribution in [1.29, 1.82) is 0 Å². The van der Waals surface area contributed by atoms with E-state index in [0.29, 0.717) is 28.6 Å². The summed E-state index contributed by atoms with van der Waals surface area (Å²) >= 11 is 0. The molecule has 6 nitrogen and oxygen atoms in total. The van der Waals surface area contributed by atoms with E-state index >= 15 is 0 Å². The molecule has 4 rings (SSSR count). The Morgan fingerprint density at radius 2 is 1.50 bits per heavy atom. The summed E-state index contributed by atoms with van der Waals surface area (Å²) in [5.41, 5.74) is 3.51. The second-order valence-corrected chi connectivity index (χ2v) is 7.30. The van der Waals surface area contributed by atoms with Gasteiger partial charge in [-0.25, -0.2) is 4.79 Å². The summed E-state index contributed by atoms with van der Waals surface area (Å²) in [4.78, 5) is 12.2. The minimum absolute atomic E-state index is 0.253. The minimum atomic E-state index is -0.405. The third-order valence-corrected chi connectivity index (χ3v) is 5.16. The fraction of sp³-hybridized carbons (Fsp3) is 0.192. The molecule has 0 saturated carbocycles. The lowest BCUT2D eigenvalue weighted by Gasteiger charge is -2.16. The van der Waals surface area contributed by atoms with Crippen molar-refractivity contribution in [2.45, 2.75) is 13.5 Å². The van der Waals surface area contributed by atoms with Crippen LogP contribution in [0.25, 0.3) is 22.1 Å². The van der Waals surface area contributed by atoms with E-state index in [1.165, 1.54) is 6.07 Å². The Morgan fingerprint density at radius 3 is 2.12 bits per heavy atom. The largest absolute Gasteiger partial charge is 0.493 e. The van der Waals surface area contributed by atoms with Crippen molar-refractivity contribution in [3.63, 3.8) is 0 Å². The molecule has 1 heterocycles. The zero-order chi connectivity index (χ0) is 22.7. The summed E-state index contributed by atoms with van der Waals surface area (Å²) in [7, 11) is 4.71. The highest BCUT2D eigenvalue weighted by atomic mass is 16.5. The predicted octanol–water partition coefficient (Wildman–Crippen LogP) is 5.37. The molecular formula is C26H24O6. The zero-order valence-electron chi connectivity index (χ0n) is 18.4. The molecule has 0 bridgehead atoms. The number of rotatable bonds is 7. The van der Waals surface area contributed by atoms with Gasteiger partial charge < -0.3 is 23.4 Å². The molecule has 4 aromatic rings. The maximum Gasteiger partial charge on any atom is 0.336 e. The molecule has 0 unspecified atom stereocenters. The lowest BCUT2D eigenvalue weighted by molar-refractivity contribution is 0.301. The van der Waals surface area contributed by atoms with E-state index in [-0.39, 0.29) is 6.61 Å². The van der Waals surface area contributed by atoms with Gasteiger partial charge in [-0.1, -0.05) is 30.3 Å². The molecule has 0 aliphatic carbocycles. The van der Waals surface area contributed by atoms with Gasteiger partial charge in [0.05, 0.1) is 26.7 Å². The van der Waals surface area contributed by atoms with Crippen LogP contribution >= 0.6 is 0 Å². The lowest BCUT2D eigenvalue weighted by Crippen LogP contribution is -2.03. The smallest absolute Gasteiger partial charge is 0.336 e. The monoisotopic (exact) mass is 432 g/mol. The quantitative estimate of drug-likeness (QED) is 0.366. The van der Waals surface area contributed by atoms with Crippen molar-refractivity contribution in [3.05, 3.63) is 82.2 Å². The third kappa shape index (κ3) is 4.12. The topological polar surface area (TPSA) is 67.1 Å². The van der Waals surface area contributed by atoms with Crippen molar-refractivity contribution >= 4 is 11.0 Å². The van der Waals surface area contributed by atoms with Crippen LogP contribution < -0.4 is 24.6 Å². The van der Waals surface area contributed by atoms with Crippen molar-refractivity contribution in [2.24, 2.45) is 0 Å². The Kier molecular flexibility index (Phi) is 6.03. The Balaban J connectivity index is 1.80. The number of methoxy groups -OCH3 is 3. The maximum atomic E-state index is 12.2. The van der Waals surface area contributed by atoms with Crippen molar-refractivity contribution in [3.8, 4) is 34.1 Å². The molecule has 0 aliphatic rings. The molecule has 0 spiro atoms. The van der Waals surface area contributed by atoms with E-state index < -0.39 is 5.63 Å². The lowest BCUT2D eigenvalue weighted by atomic mass is 10.0. The van der Waals surface area contributed by atoms with E-state index in [2.05, 4.69) is 0 Å². The predicted molar refractivity (Wildman–Crippen MR) is 123 cm³/mol. The fourth-order valence-corrected chi connectivity index (χ4v) is 3.73. The van der Waals surface area contributed by atoms with Crippen LogP contribution in [0.5, 0.6) is 23.0 Å². The summed E-state index contributed by atoms with van der Waals surface area (Å²) in [5.74, 6) is 2.25. The average molecular weight is 432 g/mol. The van der Waals surface area contributed by atoms with Gasteiger partial charge in [-0.2, -0.15) is 0 Å². The number of hydrogen-bond acceptors (Lipinski definition) is 6. The van der Waals surface area contributed by atoms with Crippen molar-refractivity contribution in [2.75, 3.05) is 21.3 Å². The Hall–Kier alpha value is -3.93. The summed E-state index contributed by atoms with van der Waals surface area (Å²) in [5, 5.41) is 0.744. The van der Waals surface area contributed by atoms with Crippen LogP contribution in [0.2, 0.25) is 0 Å². The number of fused-ring (bicyclic) bond motifs is 1. The van der Waals surface area contributed by atoms with Gasteiger partial charge in [-0.3, -0.25) is 0 Å². The summed E-state index contributed by atoms with van der Waals surface area (Å²) < 4.78 is 28.0. The first-order chi connectivity index (χ1) is 15.5. The Labute approximate surface area is 185 Å². The van der Waals surface area contributed by atoms with E-state index in [1.807, 2.05) is 61.5 Å². The molecule has 0 atom stereocenters. The van der Waals surface area contributed by atoms with E-state index in [1.54, 1.807) is 21.3 Å². The molecule has 0 saturated heterocycles. The molecule has 0 radical (unpaired) electrons. The van der Waals surface area contributed by atoms with Gasteiger partial charge in [0.2, 0.25) is 5.75 Å². The van der Waals surface area contributed by atoms with Crippen molar-refractivity contribution < 1.29 is 23.4 Å². The first-order valence-electron chi connectivity index (χ1n) is 10.1. The second-order valence-electron chi connectivity index (χ2n) is 7.30. The number of hydrogen-bond donors (Lipinski definition) is 0. The molecule has 32 heavy (non-hydrogen) atoms.